The Labute approximate surface area is 131 Å². The maximum absolute atomic E-state index is 11.8. The highest BCUT2D eigenvalue weighted by atomic mass is 16.5. The zero-order valence-corrected chi connectivity index (χ0v) is 13.0. The number of benzene rings is 1. The Morgan fingerprint density at radius 3 is 2.68 bits per heavy atom. The maximum Gasteiger partial charge on any atom is 0.331 e. The molecule has 4 heteroatoms. The van der Waals surface area contributed by atoms with Gasteiger partial charge in [-0.25, -0.2) is 4.79 Å². The lowest BCUT2D eigenvalue weighted by Gasteiger charge is -2.29. The van der Waals surface area contributed by atoms with Gasteiger partial charge in [0.25, 0.3) is 5.91 Å². The molecule has 0 spiro atoms. The van der Waals surface area contributed by atoms with Crippen molar-refractivity contribution >= 4 is 18.0 Å². The van der Waals surface area contributed by atoms with Gasteiger partial charge in [-0.1, -0.05) is 50.1 Å². The van der Waals surface area contributed by atoms with Gasteiger partial charge in [-0.15, -0.1) is 0 Å². The van der Waals surface area contributed by atoms with Crippen LogP contribution in [0.3, 0.4) is 0 Å². The van der Waals surface area contributed by atoms with E-state index in [-0.39, 0.29) is 18.6 Å². The molecule has 2 atom stereocenters. The summed E-state index contributed by atoms with van der Waals surface area (Å²) < 4.78 is 4.96. The molecule has 1 aromatic rings. The number of hydrogen-bond acceptors (Lipinski definition) is 3. The van der Waals surface area contributed by atoms with Gasteiger partial charge in [-0.2, -0.15) is 0 Å². The lowest BCUT2D eigenvalue weighted by atomic mass is 9.86. The lowest BCUT2D eigenvalue weighted by Crippen LogP contribution is -2.42. The number of nitrogens with one attached hydrogen (secondary N) is 1. The molecule has 1 fully saturated rings. The van der Waals surface area contributed by atoms with Crippen LogP contribution in [0.1, 0.15) is 38.2 Å². The van der Waals surface area contributed by atoms with E-state index in [9.17, 15) is 9.59 Å². The third kappa shape index (κ3) is 5.35. The van der Waals surface area contributed by atoms with E-state index < -0.39 is 5.97 Å². The van der Waals surface area contributed by atoms with Crippen molar-refractivity contribution in [2.45, 2.75) is 38.6 Å². The molecule has 2 rings (SSSR count). The summed E-state index contributed by atoms with van der Waals surface area (Å²) in [6.07, 6.45) is 7.54. The van der Waals surface area contributed by atoms with Crippen molar-refractivity contribution < 1.29 is 14.3 Å². The zero-order chi connectivity index (χ0) is 15.8. The Morgan fingerprint density at radius 1 is 1.23 bits per heavy atom. The molecule has 1 amide bonds. The van der Waals surface area contributed by atoms with E-state index in [1.165, 1.54) is 12.5 Å². The predicted octanol–water partition coefficient (Wildman–Crippen LogP) is 2.94. The largest absolute Gasteiger partial charge is 0.452 e. The molecule has 1 aromatic carbocycles. The molecule has 0 heterocycles. The monoisotopic (exact) mass is 301 g/mol. The summed E-state index contributed by atoms with van der Waals surface area (Å²) in [5, 5.41) is 2.96. The average molecular weight is 301 g/mol. The number of esters is 1. The summed E-state index contributed by atoms with van der Waals surface area (Å²) in [6, 6.07) is 9.68. The van der Waals surface area contributed by atoms with Gasteiger partial charge in [-0.3, -0.25) is 4.79 Å². The molecule has 22 heavy (non-hydrogen) atoms. The van der Waals surface area contributed by atoms with Gasteiger partial charge in [0.15, 0.2) is 6.61 Å². The first-order valence-corrected chi connectivity index (χ1v) is 7.84. The van der Waals surface area contributed by atoms with Crippen LogP contribution in [0.15, 0.2) is 36.4 Å². The molecular formula is C18H23NO3. The van der Waals surface area contributed by atoms with E-state index in [0.717, 1.165) is 24.8 Å². The average Bonchev–Trinajstić information content (AvgIpc) is 2.54. The highest BCUT2D eigenvalue weighted by Crippen LogP contribution is 2.23. The zero-order valence-electron chi connectivity index (χ0n) is 13.0. The van der Waals surface area contributed by atoms with Gasteiger partial charge in [-0.05, 0) is 30.4 Å². The van der Waals surface area contributed by atoms with E-state index >= 15 is 0 Å². The minimum atomic E-state index is -0.504. The number of hydrogen-bond donors (Lipinski definition) is 1. The molecule has 118 valence electrons. The van der Waals surface area contributed by atoms with E-state index in [1.54, 1.807) is 6.08 Å². The van der Waals surface area contributed by atoms with Crippen LogP contribution >= 0.6 is 0 Å². The van der Waals surface area contributed by atoms with Gasteiger partial charge in [0.2, 0.25) is 0 Å². The summed E-state index contributed by atoms with van der Waals surface area (Å²) in [7, 11) is 0. The second kappa shape index (κ2) is 8.37. The number of ether oxygens (including phenoxy) is 1. The molecule has 1 aliphatic carbocycles. The van der Waals surface area contributed by atoms with Crippen LogP contribution in [0.5, 0.6) is 0 Å². The first-order valence-electron chi connectivity index (χ1n) is 7.84. The topological polar surface area (TPSA) is 55.4 Å². The van der Waals surface area contributed by atoms with E-state index in [0.29, 0.717) is 5.92 Å². The van der Waals surface area contributed by atoms with Crippen LogP contribution in [-0.4, -0.2) is 24.5 Å². The Balaban J connectivity index is 1.71. The molecule has 0 radical (unpaired) electrons. The van der Waals surface area contributed by atoms with Gasteiger partial charge < -0.3 is 10.1 Å². The minimum Gasteiger partial charge on any atom is -0.452 e. The van der Waals surface area contributed by atoms with Crippen LogP contribution in [0.2, 0.25) is 0 Å². The summed E-state index contributed by atoms with van der Waals surface area (Å²) in [5.74, 6) is -0.234. The summed E-state index contributed by atoms with van der Waals surface area (Å²) >= 11 is 0. The van der Waals surface area contributed by atoms with Crippen molar-refractivity contribution in [3.05, 3.63) is 42.0 Å². The second-order valence-corrected chi connectivity index (χ2v) is 5.79. The fourth-order valence-electron chi connectivity index (χ4n) is 2.69. The van der Waals surface area contributed by atoms with Crippen LogP contribution in [0, 0.1) is 5.92 Å². The first-order chi connectivity index (χ1) is 10.6. The van der Waals surface area contributed by atoms with Crippen LogP contribution < -0.4 is 5.32 Å². The molecule has 4 nitrogen and oxygen atoms in total. The van der Waals surface area contributed by atoms with Gasteiger partial charge in [0.1, 0.15) is 0 Å². The number of carbonyl (C=O) groups is 2. The van der Waals surface area contributed by atoms with Crippen LogP contribution in [0.25, 0.3) is 6.08 Å². The SMILES string of the molecule is C[C@H]1CCCC[C@H]1NC(=O)COC(=O)/C=C/c1ccccc1. The Morgan fingerprint density at radius 2 is 1.95 bits per heavy atom. The van der Waals surface area contributed by atoms with Crippen LogP contribution in [-0.2, 0) is 14.3 Å². The molecular weight excluding hydrogens is 278 g/mol. The van der Waals surface area contributed by atoms with Crippen molar-refractivity contribution in [3.63, 3.8) is 0 Å². The van der Waals surface area contributed by atoms with Gasteiger partial charge >= 0.3 is 5.97 Å². The highest BCUT2D eigenvalue weighted by Gasteiger charge is 2.22. The van der Waals surface area contributed by atoms with Gasteiger partial charge in [0.05, 0.1) is 0 Å². The molecule has 1 saturated carbocycles. The van der Waals surface area contributed by atoms with E-state index in [4.69, 9.17) is 4.74 Å². The number of carbonyl (C=O) groups excluding carboxylic acids is 2. The molecule has 0 aromatic heterocycles. The molecule has 0 bridgehead atoms. The fourth-order valence-corrected chi connectivity index (χ4v) is 2.69. The lowest BCUT2D eigenvalue weighted by molar-refractivity contribution is -0.144. The smallest absolute Gasteiger partial charge is 0.331 e. The van der Waals surface area contributed by atoms with Crippen LogP contribution in [0.4, 0.5) is 0 Å². The Bertz CT molecular complexity index is 524. The third-order valence-corrected chi connectivity index (χ3v) is 4.01. The van der Waals surface area contributed by atoms with Crippen molar-refractivity contribution in [2.75, 3.05) is 6.61 Å². The number of amides is 1. The predicted molar refractivity (Wildman–Crippen MR) is 86.0 cm³/mol. The van der Waals surface area contributed by atoms with Crippen molar-refractivity contribution in [1.29, 1.82) is 0 Å². The molecule has 0 aliphatic heterocycles. The third-order valence-electron chi connectivity index (χ3n) is 4.01. The molecule has 0 saturated heterocycles. The van der Waals surface area contributed by atoms with Crippen molar-refractivity contribution in [1.82, 2.24) is 5.32 Å². The Hall–Kier alpha value is -2.10. The Kier molecular flexibility index (Phi) is 6.19. The normalized spacial score (nSPS) is 21.5. The standard InChI is InChI=1S/C18H23NO3/c1-14-7-5-6-10-16(14)19-17(20)13-22-18(21)12-11-15-8-3-2-4-9-15/h2-4,8-9,11-12,14,16H,5-7,10,13H2,1H3,(H,19,20)/b12-11+/t14-,16+/m0/s1. The first kappa shape index (κ1) is 16.3. The highest BCUT2D eigenvalue weighted by molar-refractivity contribution is 5.89. The van der Waals surface area contributed by atoms with E-state index in [2.05, 4.69) is 12.2 Å². The fraction of sp³-hybridized carbons (Fsp3) is 0.444. The molecule has 0 unspecified atom stereocenters. The quantitative estimate of drug-likeness (QED) is 0.672. The summed E-state index contributed by atoms with van der Waals surface area (Å²) in [4.78, 5) is 23.4. The minimum absolute atomic E-state index is 0.208. The van der Waals surface area contributed by atoms with E-state index in [1.807, 2.05) is 30.3 Å². The number of rotatable bonds is 5. The maximum atomic E-state index is 11.8. The summed E-state index contributed by atoms with van der Waals surface area (Å²) in [5.41, 5.74) is 0.917. The molecule has 1 N–H and O–H groups in total. The molecule has 1 aliphatic rings. The van der Waals surface area contributed by atoms with Crippen molar-refractivity contribution in [3.8, 4) is 0 Å². The van der Waals surface area contributed by atoms with Crippen molar-refractivity contribution in [2.24, 2.45) is 5.92 Å². The van der Waals surface area contributed by atoms with Gasteiger partial charge in [0, 0.05) is 12.1 Å². The summed E-state index contributed by atoms with van der Waals surface area (Å²) in [6.45, 7) is 1.93. The second-order valence-electron chi connectivity index (χ2n) is 5.79.